The maximum absolute atomic E-state index is 11.8. The van der Waals surface area contributed by atoms with Crippen LogP contribution >= 0.6 is 15.9 Å². The Labute approximate surface area is 127 Å². The number of nitrogens with two attached hydrogens (primary N) is 1. The molecule has 0 fully saturated rings. The van der Waals surface area contributed by atoms with Crippen LogP contribution in [-0.2, 0) is 16.1 Å². The molecule has 1 rings (SSSR count). The van der Waals surface area contributed by atoms with Gasteiger partial charge in [-0.2, -0.15) is 0 Å². The zero-order valence-corrected chi connectivity index (χ0v) is 13.5. The number of ether oxygens (including phenoxy) is 3. The molecule has 0 heterocycles. The van der Waals surface area contributed by atoms with Gasteiger partial charge in [-0.05, 0) is 47.0 Å². The van der Waals surface area contributed by atoms with Gasteiger partial charge in [0.25, 0.3) is 0 Å². The second-order valence-corrected chi connectivity index (χ2v) is 4.93. The number of halogens is 1. The summed E-state index contributed by atoms with van der Waals surface area (Å²) in [4.78, 5) is 11.8. The molecule has 0 aliphatic carbocycles. The summed E-state index contributed by atoms with van der Waals surface area (Å²) in [5, 5.41) is 0. The summed E-state index contributed by atoms with van der Waals surface area (Å²) in [5.41, 5.74) is 6.52. The fourth-order valence-electron chi connectivity index (χ4n) is 1.68. The highest BCUT2D eigenvalue weighted by Crippen LogP contribution is 2.37. The number of carbonyl (C=O) groups excluding carboxylic acids is 1. The molecule has 5 nitrogen and oxygen atoms in total. The molecule has 0 aliphatic heterocycles. The van der Waals surface area contributed by atoms with Gasteiger partial charge >= 0.3 is 5.97 Å². The van der Waals surface area contributed by atoms with Crippen LogP contribution in [0.3, 0.4) is 0 Å². The number of hydrogen-bond acceptors (Lipinski definition) is 5. The highest BCUT2D eigenvalue weighted by atomic mass is 79.9. The molecule has 1 aromatic carbocycles. The predicted molar refractivity (Wildman–Crippen MR) is 79.9 cm³/mol. The third kappa shape index (κ3) is 4.11. The molecule has 0 amide bonds. The number of hydrogen-bond donors (Lipinski definition) is 1. The van der Waals surface area contributed by atoms with E-state index in [1.165, 1.54) is 0 Å². The van der Waals surface area contributed by atoms with E-state index in [0.29, 0.717) is 35.5 Å². The second-order valence-electron chi connectivity index (χ2n) is 4.08. The zero-order chi connectivity index (χ0) is 15.1. The summed E-state index contributed by atoms with van der Waals surface area (Å²) in [5.74, 6) is 0.624. The topological polar surface area (TPSA) is 70.8 Å². The van der Waals surface area contributed by atoms with Crippen molar-refractivity contribution in [2.45, 2.75) is 32.9 Å². The van der Waals surface area contributed by atoms with Gasteiger partial charge in [0, 0.05) is 6.54 Å². The lowest BCUT2D eigenvalue weighted by Gasteiger charge is -2.19. The largest absolute Gasteiger partial charge is 0.493 e. The highest BCUT2D eigenvalue weighted by molar-refractivity contribution is 9.10. The van der Waals surface area contributed by atoms with Crippen LogP contribution in [0.1, 0.15) is 25.8 Å². The molecular formula is C14H20BrNO4. The molecule has 2 N–H and O–H groups in total. The van der Waals surface area contributed by atoms with Crippen LogP contribution in [-0.4, -0.2) is 25.8 Å². The van der Waals surface area contributed by atoms with Gasteiger partial charge in [0.2, 0.25) is 0 Å². The van der Waals surface area contributed by atoms with Crippen molar-refractivity contribution in [2.24, 2.45) is 5.73 Å². The molecular weight excluding hydrogens is 326 g/mol. The average molecular weight is 346 g/mol. The molecule has 6 heteroatoms. The van der Waals surface area contributed by atoms with Crippen molar-refractivity contribution in [1.29, 1.82) is 0 Å². The van der Waals surface area contributed by atoms with E-state index in [-0.39, 0.29) is 5.97 Å². The molecule has 0 aromatic heterocycles. The summed E-state index contributed by atoms with van der Waals surface area (Å²) >= 11 is 3.41. The van der Waals surface area contributed by atoms with Gasteiger partial charge in [-0.25, -0.2) is 4.79 Å². The van der Waals surface area contributed by atoms with Gasteiger partial charge in [-0.3, -0.25) is 0 Å². The Balaban J connectivity index is 3.03. The minimum absolute atomic E-state index is 0.323. The van der Waals surface area contributed by atoms with Crippen LogP contribution < -0.4 is 15.2 Å². The summed E-state index contributed by atoms with van der Waals surface area (Å²) < 4.78 is 16.7. The zero-order valence-electron chi connectivity index (χ0n) is 11.9. The molecule has 0 saturated carbocycles. The Morgan fingerprint density at radius 1 is 1.40 bits per heavy atom. The van der Waals surface area contributed by atoms with E-state index in [1.807, 2.05) is 13.0 Å². The quantitative estimate of drug-likeness (QED) is 0.769. The van der Waals surface area contributed by atoms with Crippen molar-refractivity contribution in [3.63, 3.8) is 0 Å². The Bertz CT molecular complexity index is 465. The first-order valence-electron chi connectivity index (χ1n) is 6.47. The van der Waals surface area contributed by atoms with Crippen LogP contribution in [0.5, 0.6) is 11.5 Å². The lowest BCUT2D eigenvalue weighted by molar-refractivity contribution is -0.151. The molecule has 1 aromatic rings. The van der Waals surface area contributed by atoms with E-state index in [0.717, 1.165) is 5.56 Å². The molecule has 0 radical (unpaired) electrons. The number of rotatable bonds is 7. The average Bonchev–Trinajstić information content (AvgIpc) is 2.45. The number of esters is 1. The minimum Gasteiger partial charge on any atom is -0.493 e. The smallest absolute Gasteiger partial charge is 0.347 e. The van der Waals surface area contributed by atoms with Crippen LogP contribution in [0.25, 0.3) is 0 Å². The third-order valence-electron chi connectivity index (χ3n) is 2.71. The Morgan fingerprint density at radius 2 is 2.10 bits per heavy atom. The molecule has 0 spiro atoms. The standard InChI is InChI=1S/C14H20BrNO4/c1-4-11(14(17)19-5-2)20-13-10(15)6-9(8-16)7-12(13)18-3/h6-7,11H,4-5,8,16H2,1-3H3. The summed E-state index contributed by atoms with van der Waals surface area (Å²) in [6.45, 7) is 4.33. The van der Waals surface area contributed by atoms with Gasteiger partial charge in [0.05, 0.1) is 18.2 Å². The van der Waals surface area contributed by atoms with Crippen molar-refractivity contribution in [3.8, 4) is 11.5 Å². The summed E-state index contributed by atoms with van der Waals surface area (Å²) in [6.07, 6.45) is -0.156. The van der Waals surface area contributed by atoms with E-state index < -0.39 is 6.10 Å². The monoisotopic (exact) mass is 345 g/mol. The first-order valence-corrected chi connectivity index (χ1v) is 7.26. The van der Waals surface area contributed by atoms with E-state index >= 15 is 0 Å². The van der Waals surface area contributed by atoms with E-state index in [4.69, 9.17) is 19.9 Å². The van der Waals surface area contributed by atoms with E-state index in [1.54, 1.807) is 20.1 Å². The van der Waals surface area contributed by atoms with Gasteiger partial charge in [-0.1, -0.05) is 6.92 Å². The number of benzene rings is 1. The second kappa shape index (κ2) is 8.11. The van der Waals surface area contributed by atoms with Crippen LogP contribution in [0.2, 0.25) is 0 Å². The van der Waals surface area contributed by atoms with Gasteiger partial charge < -0.3 is 19.9 Å². The Morgan fingerprint density at radius 3 is 2.60 bits per heavy atom. The van der Waals surface area contributed by atoms with Gasteiger partial charge in [0.1, 0.15) is 0 Å². The van der Waals surface area contributed by atoms with Crippen molar-refractivity contribution in [3.05, 3.63) is 22.2 Å². The van der Waals surface area contributed by atoms with Crippen molar-refractivity contribution in [1.82, 2.24) is 0 Å². The lowest BCUT2D eigenvalue weighted by atomic mass is 10.2. The molecule has 0 bridgehead atoms. The van der Waals surface area contributed by atoms with Gasteiger partial charge in [-0.15, -0.1) is 0 Å². The van der Waals surface area contributed by atoms with Crippen LogP contribution in [0.4, 0.5) is 0 Å². The van der Waals surface area contributed by atoms with Crippen LogP contribution in [0.15, 0.2) is 16.6 Å². The fourth-order valence-corrected chi connectivity index (χ4v) is 2.26. The summed E-state index contributed by atoms with van der Waals surface area (Å²) in [7, 11) is 1.54. The normalized spacial score (nSPS) is 11.8. The maximum atomic E-state index is 11.8. The molecule has 0 aliphatic rings. The summed E-state index contributed by atoms with van der Waals surface area (Å²) in [6, 6.07) is 3.63. The minimum atomic E-state index is -0.663. The van der Waals surface area contributed by atoms with Crippen molar-refractivity contribution >= 4 is 21.9 Å². The molecule has 0 saturated heterocycles. The fraction of sp³-hybridized carbons (Fsp3) is 0.500. The maximum Gasteiger partial charge on any atom is 0.347 e. The Kier molecular flexibility index (Phi) is 6.81. The highest BCUT2D eigenvalue weighted by Gasteiger charge is 2.23. The Hall–Kier alpha value is -1.27. The third-order valence-corrected chi connectivity index (χ3v) is 3.29. The van der Waals surface area contributed by atoms with E-state index in [9.17, 15) is 4.79 Å². The number of carbonyl (C=O) groups is 1. The van der Waals surface area contributed by atoms with Gasteiger partial charge in [0.15, 0.2) is 17.6 Å². The van der Waals surface area contributed by atoms with Crippen molar-refractivity contribution in [2.75, 3.05) is 13.7 Å². The van der Waals surface area contributed by atoms with Crippen LogP contribution in [0, 0.1) is 0 Å². The molecule has 20 heavy (non-hydrogen) atoms. The molecule has 1 atom stereocenters. The lowest BCUT2D eigenvalue weighted by Crippen LogP contribution is -2.29. The van der Waals surface area contributed by atoms with Crippen molar-refractivity contribution < 1.29 is 19.0 Å². The first-order chi connectivity index (χ1) is 9.57. The molecule has 112 valence electrons. The van der Waals surface area contributed by atoms with E-state index in [2.05, 4.69) is 15.9 Å². The first kappa shape index (κ1) is 16.8. The number of methoxy groups -OCH3 is 1. The SMILES string of the molecule is CCOC(=O)C(CC)Oc1c(Br)cc(CN)cc1OC. The predicted octanol–water partition coefficient (Wildman–Crippen LogP) is 2.64. The molecule has 1 unspecified atom stereocenters.